The third-order valence-corrected chi connectivity index (χ3v) is 3.19. The quantitative estimate of drug-likeness (QED) is 0.800. The standard InChI is InChI=1S/C17H13N3O2/c21-17(22)11-12-9-15(13-1-5-18-6-2-13)20-16(10-12)14-3-7-19-8-4-14/h1-10H,11H2,(H,21,22). The van der Waals surface area contributed by atoms with Gasteiger partial charge in [-0.3, -0.25) is 14.8 Å². The lowest BCUT2D eigenvalue weighted by Gasteiger charge is -2.08. The molecular weight excluding hydrogens is 278 g/mol. The number of nitrogens with zero attached hydrogens (tertiary/aromatic N) is 3. The van der Waals surface area contributed by atoms with E-state index in [4.69, 9.17) is 5.11 Å². The van der Waals surface area contributed by atoms with Crippen molar-refractivity contribution in [3.63, 3.8) is 0 Å². The monoisotopic (exact) mass is 291 g/mol. The molecule has 3 heterocycles. The molecule has 3 aromatic rings. The van der Waals surface area contributed by atoms with Gasteiger partial charge in [-0.25, -0.2) is 4.98 Å². The number of hydrogen-bond donors (Lipinski definition) is 1. The van der Waals surface area contributed by atoms with Crippen LogP contribution in [0.5, 0.6) is 0 Å². The largest absolute Gasteiger partial charge is 0.481 e. The Morgan fingerprint density at radius 3 is 1.73 bits per heavy atom. The summed E-state index contributed by atoms with van der Waals surface area (Å²) in [6.07, 6.45) is 6.71. The van der Waals surface area contributed by atoms with Crippen molar-refractivity contribution in [3.05, 3.63) is 66.7 Å². The molecule has 0 aromatic carbocycles. The topological polar surface area (TPSA) is 76.0 Å². The molecule has 0 fully saturated rings. The lowest BCUT2D eigenvalue weighted by atomic mass is 10.0. The van der Waals surface area contributed by atoms with Crippen LogP contribution in [0.3, 0.4) is 0 Å². The molecule has 108 valence electrons. The van der Waals surface area contributed by atoms with Gasteiger partial charge in [0.25, 0.3) is 0 Å². The van der Waals surface area contributed by atoms with Crippen LogP contribution in [-0.4, -0.2) is 26.0 Å². The van der Waals surface area contributed by atoms with Gasteiger partial charge in [-0.15, -0.1) is 0 Å². The smallest absolute Gasteiger partial charge is 0.307 e. The number of carboxylic acids is 1. The maximum Gasteiger partial charge on any atom is 0.307 e. The third kappa shape index (κ3) is 3.15. The number of pyridine rings is 3. The molecule has 0 spiro atoms. The Bertz CT molecular complexity index is 732. The van der Waals surface area contributed by atoms with Crippen LogP contribution in [0.2, 0.25) is 0 Å². The summed E-state index contributed by atoms with van der Waals surface area (Å²) in [5.41, 5.74) is 3.97. The van der Waals surface area contributed by atoms with Crippen molar-refractivity contribution >= 4 is 5.97 Å². The molecule has 22 heavy (non-hydrogen) atoms. The molecular formula is C17H13N3O2. The predicted octanol–water partition coefficient (Wildman–Crippen LogP) is 2.83. The second kappa shape index (κ2) is 6.13. The van der Waals surface area contributed by atoms with Crippen molar-refractivity contribution in [1.29, 1.82) is 0 Å². The molecule has 0 aliphatic rings. The molecule has 3 rings (SSSR count). The molecule has 0 amide bonds. The number of aliphatic carboxylic acids is 1. The highest BCUT2D eigenvalue weighted by Crippen LogP contribution is 2.24. The normalized spacial score (nSPS) is 10.4. The van der Waals surface area contributed by atoms with Crippen LogP contribution < -0.4 is 0 Å². The molecule has 0 saturated heterocycles. The molecule has 0 saturated carbocycles. The van der Waals surface area contributed by atoms with Gasteiger partial charge in [0.05, 0.1) is 17.8 Å². The van der Waals surface area contributed by atoms with Gasteiger partial charge < -0.3 is 5.11 Å². The zero-order valence-corrected chi connectivity index (χ0v) is 11.7. The average Bonchev–Trinajstić information content (AvgIpc) is 2.55. The number of aromatic nitrogens is 3. The maximum absolute atomic E-state index is 11.0. The summed E-state index contributed by atoms with van der Waals surface area (Å²) in [7, 11) is 0. The molecule has 0 aliphatic carbocycles. The third-order valence-electron chi connectivity index (χ3n) is 3.19. The first kappa shape index (κ1) is 13.9. The van der Waals surface area contributed by atoms with E-state index in [0.717, 1.165) is 22.5 Å². The van der Waals surface area contributed by atoms with Crippen LogP contribution in [0.4, 0.5) is 0 Å². The zero-order chi connectivity index (χ0) is 15.4. The molecule has 1 N–H and O–H groups in total. The molecule has 3 aromatic heterocycles. The predicted molar refractivity (Wildman–Crippen MR) is 82.0 cm³/mol. The second-order valence-electron chi connectivity index (χ2n) is 4.79. The van der Waals surface area contributed by atoms with Gasteiger partial charge in [-0.1, -0.05) is 0 Å². The minimum absolute atomic E-state index is 0.0430. The lowest BCUT2D eigenvalue weighted by Crippen LogP contribution is -2.02. The van der Waals surface area contributed by atoms with Gasteiger partial charge in [-0.05, 0) is 42.0 Å². The van der Waals surface area contributed by atoms with Crippen molar-refractivity contribution < 1.29 is 9.90 Å². The molecule has 0 atom stereocenters. The van der Waals surface area contributed by atoms with E-state index in [-0.39, 0.29) is 6.42 Å². The van der Waals surface area contributed by atoms with Crippen molar-refractivity contribution in [2.45, 2.75) is 6.42 Å². The highest BCUT2D eigenvalue weighted by atomic mass is 16.4. The van der Waals surface area contributed by atoms with Gasteiger partial charge in [0.1, 0.15) is 0 Å². The number of hydrogen-bond acceptors (Lipinski definition) is 4. The van der Waals surface area contributed by atoms with Crippen LogP contribution in [0.15, 0.2) is 61.2 Å². The van der Waals surface area contributed by atoms with Crippen LogP contribution in [0, 0.1) is 0 Å². The lowest BCUT2D eigenvalue weighted by molar-refractivity contribution is -0.136. The summed E-state index contributed by atoms with van der Waals surface area (Å²) in [5.74, 6) is -0.868. The van der Waals surface area contributed by atoms with E-state index in [1.54, 1.807) is 36.9 Å². The summed E-state index contributed by atoms with van der Waals surface area (Å²) in [4.78, 5) is 23.6. The minimum Gasteiger partial charge on any atom is -0.481 e. The van der Waals surface area contributed by atoms with Crippen LogP contribution in [0.25, 0.3) is 22.5 Å². The summed E-state index contributed by atoms with van der Waals surface area (Å²) >= 11 is 0. The molecule has 5 nitrogen and oxygen atoms in total. The molecule has 0 bridgehead atoms. The fourth-order valence-corrected chi connectivity index (χ4v) is 2.21. The summed E-state index contributed by atoms with van der Waals surface area (Å²) in [6, 6.07) is 11.0. The molecule has 0 aliphatic heterocycles. The Hall–Kier alpha value is -3.08. The van der Waals surface area contributed by atoms with Crippen molar-refractivity contribution in [3.8, 4) is 22.5 Å². The minimum atomic E-state index is -0.868. The Balaban J connectivity index is 2.12. The van der Waals surface area contributed by atoms with Gasteiger partial charge in [0.2, 0.25) is 0 Å². The number of carbonyl (C=O) groups is 1. The van der Waals surface area contributed by atoms with Crippen LogP contribution in [0.1, 0.15) is 5.56 Å². The van der Waals surface area contributed by atoms with Crippen LogP contribution >= 0.6 is 0 Å². The SMILES string of the molecule is O=C(O)Cc1cc(-c2ccncc2)nc(-c2ccncc2)c1. The average molecular weight is 291 g/mol. The first-order valence-electron chi connectivity index (χ1n) is 6.76. The fraction of sp³-hybridized carbons (Fsp3) is 0.0588. The molecule has 5 heteroatoms. The van der Waals surface area contributed by atoms with E-state index in [0.29, 0.717) is 5.56 Å². The molecule has 0 radical (unpaired) electrons. The second-order valence-corrected chi connectivity index (χ2v) is 4.79. The molecule has 0 unspecified atom stereocenters. The first-order valence-corrected chi connectivity index (χ1v) is 6.76. The number of carboxylic acid groups (broad SMARTS) is 1. The van der Waals surface area contributed by atoms with E-state index in [1.807, 2.05) is 24.3 Å². The summed E-state index contributed by atoms with van der Waals surface area (Å²) < 4.78 is 0. The summed E-state index contributed by atoms with van der Waals surface area (Å²) in [6.45, 7) is 0. The van der Waals surface area contributed by atoms with Gasteiger partial charge >= 0.3 is 5.97 Å². The maximum atomic E-state index is 11.0. The highest BCUT2D eigenvalue weighted by molar-refractivity contribution is 5.73. The van der Waals surface area contributed by atoms with E-state index in [9.17, 15) is 4.79 Å². The van der Waals surface area contributed by atoms with E-state index < -0.39 is 5.97 Å². The van der Waals surface area contributed by atoms with Crippen molar-refractivity contribution in [1.82, 2.24) is 15.0 Å². The number of rotatable bonds is 4. The fourth-order valence-electron chi connectivity index (χ4n) is 2.21. The summed E-state index contributed by atoms with van der Waals surface area (Å²) in [5, 5.41) is 9.05. The Kier molecular flexibility index (Phi) is 3.87. The van der Waals surface area contributed by atoms with Gasteiger partial charge in [-0.2, -0.15) is 0 Å². The van der Waals surface area contributed by atoms with Gasteiger partial charge in [0.15, 0.2) is 0 Å². The van der Waals surface area contributed by atoms with E-state index >= 15 is 0 Å². The van der Waals surface area contributed by atoms with E-state index in [2.05, 4.69) is 15.0 Å². The Labute approximate surface area is 127 Å². The van der Waals surface area contributed by atoms with E-state index in [1.165, 1.54) is 0 Å². The van der Waals surface area contributed by atoms with Crippen LogP contribution in [-0.2, 0) is 11.2 Å². The van der Waals surface area contributed by atoms with Crippen molar-refractivity contribution in [2.75, 3.05) is 0 Å². The highest BCUT2D eigenvalue weighted by Gasteiger charge is 2.09. The van der Waals surface area contributed by atoms with Crippen molar-refractivity contribution in [2.24, 2.45) is 0 Å². The zero-order valence-electron chi connectivity index (χ0n) is 11.7. The Morgan fingerprint density at radius 1 is 0.864 bits per heavy atom. The van der Waals surface area contributed by atoms with Gasteiger partial charge in [0, 0.05) is 35.9 Å². The Morgan fingerprint density at radius 2 is 1.32 bits per heavy atom. The first-order chi connectivity index (χ1) is 10.7.